The largest absolute Gasteiger partial charge is 0.391 e. The summed E-state index contributed by atoms with van der Waals surface area (Å²) in [6.45, 7) is 0.336. The molecule has 1 aliphatic rings. The molecule has 0 spiro atoms. The summed E-state index contributed by atoms with van der Waals surface area (Å²) in [6, 6.07) is 13.2. The van der Waals surface area contributed by atoms with Crippen LogP contribution in [0, 0.1) is 5.82 Å². The third-order valence-electron chi connectivity index (χ3n) is 4.38. The highest BCUT2D eigenvalue weighted by Gasteiger charge is 2.34. The highest BCUT2D eigenvalue weighted by atomic mass is 19.1. The number of aromatic nitrogens is 2. The molecule has 0 radical (unpaired) electrons. The van der Waals surface area contributed by atoms with Crippen molar-refractivity contribution >= 4 is 16.9 Å². The Bertz CT molecular complexity index is 956. The zero-order valence-electron chi connectivity index (χ0n) is 12.8. The number of rotatable bonds is 2. The summed E-state index contributed by atoms with van der Waals surface area (Å²) in [5.74, 6) is 0.0679. The average Bonchev–Trinajstić information content (AvgIpc) is 2.97. The average molecular weight is 325 g/mol. The fraction of sp³-hybridized carbons (Fsp3) is 0.222. The van der Waals surface area contributed by atoms with Gasteiger partial charge in [0, 0.05) is 6.54 Å². The molecule has 1 aromatic heterocycles. The topological polar surface area (TPSA) is 69.2 Å². The maximum Gasteiger partial charge on any atom is 0.260 e. The first-order chi connectivity index (χ1) is 11.6. The number of hydrogen-bond acceptors (Lipinski definition) is 4. The summed E-state index contributed by atoms with van der Waals surface area (Å²) in [6.07, 6.45) is -0.102. The van der Waals surface area contributed by atoms with Crippen molar-refractivity contribution in [3.05, 3.63) is 70.3 Å². The van der Waals surface area contributed by atoms with Crippen LogP contribution in [0.1, 0.15) is 18.0 Å². The van der Waals surface area contributed by atoms with Gasteiger partial charge >= 0.3 is 0 Å². The van der Waals surface area contributed by atoms with Crippen molar-refractivity contribution < 1.29 is 9.50 Å². The second-order valence-electron chi connectivity index (χ2n) is 6.02. The van der Waals surface area contributed by atoms with Crippen molar-refractivity contribution in [2.24, 2.45) is 0 Å². The molecular formula is C18H16FN3O2. The monoisotopic (exact) mass is 325 g/mol. The number of H-pyrrole nitrogens is 1. The van der Waals surface area contributed by atoms with Crippen molar-refractivity contribution in [1.82, 2.24) is 9.97 Å². The summed E-state index contributed by atoms with van der Waals surface area (Å²) < 4.78 is 13.6. The maximum absolute atomic E-state index is 13.6. The summed E-state index contributed by atoms with van der Waals surface area (Å²) in [7, 11) is 0. The summed E-state index contributed by atoms with van der Waals surface area (Å²) in [5.41, 5.74) is 1.12. The Hall–Kier alpha value is -2.73. The van der Waals surface area contributed by atoms with Gasteiger partial charge in [0.25, 0.3) is 5.56 Å². The van der Waals surface area contributed by atoms with Crippen molar-refractivity contribution in [2.45, 2.75) is 18.6 Å². The number of nitrogens with zero attached hydrogens (tertiary/aromatic N) is 2. The Kier molecular flexibility index (Phi) is 3.54. The molecule has 2 N–H and O–H groups in total. The molecule has 1 aliphatic heterocycles. The fourth-order valence-electron chi connectivity index (χ4n) is 3.29. The molecular weight excluding hydrogens is 309 g/mol. The Labute approximate surface area is 137 Å². The molecule has 0 bridgehead atoms. The molecule has 4 rings (SSSR count). The third-order valence-corrected chi connectivity index (χ3v) is 4.38. The van der Waals surface area contributed by atoms with Gasteiger partial charge in [0.05, 0.1) is 23.0 Å². The van der Waals surface area contributed by atoms with E-state index in [0.29, 0.717) is 29.8 Å². The lowest BCUT2D eigenvalue weighted by Gasteiger charge is -2.25. The standard InChI is InChI=1S/C18H16FN3O2/c19-12-5-3-4-11(8-12)16-9-13(23)10-22(16)18-20-15-7-2-1-6-14(15)17(24)21-18/h1-8,13,16,23H,9-10H2,(H,20,21,24)/t13-,16-/m1/s1. The minimum atomic E-state index is -0.560. The number of hydrogen-bond donors (Lipinski definition) is 2. The normalized spacial score (nSPS) is 20.7. The van der Waals surface area contributed by atoms with E-state index in [1.807, 2.05) is 17.0 Å². The van der Waals surface area contributed by atoms with Crippen LogP contribution in [0.3, 0.4) is 0 Å². The van der Waals surface area contributed by atoms with Gasteiger partial charge in [-0.2, -0.15) is 0 Å². The lowest BCUT2D eigenvalue weighted by molar-refractivity contribution is 0.194. The van der Waals surface area contributed by atoms with Crippen LogP contribution in [0.25, 0.3) is 10.9 Å². The molecule has 3 aromatic rings. The molecule has 0 saturated carbocycles. The van der Waals surface area contributed by atoms with E-state index in [1.54, 1.807) is 24.3 Å². The zero-order chi connectivity index (χ0) is 16.7. The number of aromatic amines is 1. The van der Waals surface area contributed by atoms with E-state index in [9.17, 15) is 14.3 Å². The van der Waals surface area contributed by atoms with Crippen LogP contribution in [0.4, 0.5) is 10.3 Å². The third kappa shape index (κ3) is 2.55. The van der Waals surface area contributed by atoms with Gasteiger partial charge in [0.1, 0.15) is 5.82 Å². The molecule has 2 heterocycles. The highest BCUT2D eigenvalue weighted by Crippen LogP contribution is 2.34. The summed E-state index contributed by atoms with van der Waals surface area (Å²) >= 11 is 0. The van der Waals surface area contributed by atoms with Gasteiger partial charge in [-0.3, -0.25) is 9.78 Å². The molecule has 0 aliphatic carbocycles. The Morgan fingerprint density at radius 1 is 1.21 bits per heavy atom. The van der Waals surface area contributed by atoms with Gasteiger partial charge in [-0.25, -0.2) is 9.37 Å². The van der Waals surface area contributed by atoms with Crippen LogP contribution < -0.4 is 10.5 Å². The fourth-order valence-corrected chi connectivity index (χ4v) is 3.29. The Balaban J connectivity index is 1.80. The lowest BCUT2D eigenvalue weighted by atomic mass is 10.0. The number of aliphatic hydroxyl groups is 1. The number of nitrogens with one attached hydrogen (secondary N) is 1. The van der Waals surface area contributed by atoms with E-state index >= 15 is 0 Å². The minimum Gasteiger partial charge on any atom is -0.391 e. The zero-order valence-corrected chi connectivity index (χ0v) is 12.8. The molecule has 6 heteroatoms. The number of para-hydroxylation sites is 1. The Morgan fingerprint density at radius 3 is 2.88 bits per heavy atom. The molecule has 24 heavy (non-hydrogen) atoms. The summed E-state index contributed by atoms with van der Waals surface area (Å²) in [4.78, 5) is 21.4. The van der Waals surface area contributed by atoms with E-state index < -0.39 is 6.10 Å². The molecule has 1 fully saturated rings. The number of halogens is 1. The van der Waals surface area contributed by atoms with E-state index in [4.69, 9.17) is 0 Å². The van der Waals surface area contributed by atoms with Gasteiger partial charge in [0.2, 0.25) is 5.95 Å². The van der Waals surface area contributed by atoms with Gasteiger partial charge < -0.3 is 10.0 Å². The van der Waals surface area contributed by atoms with E-state index in [-0.39, 0.29) is 17.4 Å². The highest BCUT2D eigenvalue weighted by molar-refractivity contribution is 5.78. The first kappa shape index (κ1) is 14.8. The van der Waals surface area contributed by atoms with Gasteiger partial charge in [-0.1, -0.05) is 24.3 Å². The number of aliphatic hydroxyl groups excluding tert-OH is 1. The molecule has 2 atom stereocenters. The second kappa shape index (κ2) is 5.72. The van der Waals surface area contributed by atoms with Crippen LogP contribution >= 0.6 is 0 Å². The SMILES string of the molecule is O=c1[nH]c(N2C[C@H](O)C[C@@H]2c2cccc(F)c2)nc2ccccc12. The molecule has 5 nitrogen and oxygen atoms in total. The molecule has 0 unspecified atom stereocenters. The van der Waals surface area contributed by atoms with Crippen LogP contribution in [-0.2, 0) is 0 Å². The molecule has 1 saturated heterocycles. The number of benzene rings is 2. The minimum absolute atomic E-state index is 0.227. The molecule has 122 valence electrons. The van der Waals surface area contributed by atoms with E-state index in [1.165, 1.54) is 12.1 Å². The maximum atomic E-state index is 13.6. The first-order valence-corrected chi connectivity index (χ1v) is 7.81. The van der Waals surface area contributed by atoms with Crippen LogP contribution in [0.5, 0.6) is 0 Å². The number of anilines is 1. The van der Waals surface area contributed by atoms with Crippen molar-refractivity contribution in [2.75, 3.05) is 11.4 Å². The van der Waals surface area contributed by atoms with E-state index in [2.05, 4.69) is 9.97 Å². The molecule has 2 aromatic carbocycles. The number of β-amino-alcohol motifs (C(OH)–C–C–N with tert-alkyl or cyclic N) is 1. The Morgan fingerprint density at radius 2 is 2.04 bits per heavy atom. The second-order valence-corrected chi connectivity index (χ2v) is 6.02. The van der Waals surface area contributed by atoms with E-state index in [0.717, 1.165) is 5.56 Å². The van der Waals surface area contributed by atoms with Crippen molar-refractivity contribution in [3.63, 3.8) is 0 Å². The summed E-state index contributed by atoms with van der Waals surface area (Å²) in [5, 5.41) is 10.6. The quantitative estimate of drug-likeness (QED) is 0.759. The van der Waals surface area contributed by atoms with Gasteiger partial charge in [0.15, 0.2) is 0 Å². The first-order valence-electron chi connectivity index (χ1n) is 7.81. The van der Waals surface area contributed by atoms with Gasteiger partial charge in [-0.05, 0) is 36.2 Å². The molecule has 0 amide bonds. The van der Waals surface area contributed by atoms with Gasteiger partial charge in [-0.15, -0.1) is 0 Å². The smallest absolute Gasteiger partial charge is 0.260 e. The van der Waals surface area contributed by atoms with Crippen LogP contribution in [-0.4, -0.2) is 27.7 Å². The van der Waals surface area contributed by atoms with Crippen molar-refractivity contribution in [3.8, 4) is 0 Å². The predicted octanol–water partition coefficient (Wildman–Crippen LogP) is 2.37. The lowest BCUT2D eigenvalue weighted by Crippen LogP contribution is -2.28. The van der Waals surface area contributed by atoms with Crippen LogP contribution in [0.2, 0.25) is 0 Å². The number of fused-ring (bicyclic) bond motifs is 1. The van der Waals surface area contributed by atoms with Crippen LogP contribution in [0.15, 0.2) is 53.3 Å². The van der Waals surface area contributed by atoms with Crippen molar-refractivity contribution in [1.29, 1.82) is 0 Å². The predicted molar refractivity (Wildman–Crippen MR) is 89.5 cm³/mol.